The first-order valence-electron chi connectivity index (χ1n) is 6.57. The largest absolute Gasteiger partial charge is 0.390 e. The lowest BCUT2D eigenvalue weighted by atomic mass is 10.00. The molecule has 0 unspecified atom stereocenters. The van der Waals surface area contributed by atoms with Crippen LogP contribution in [0.3, 0.4) is 0 Å². The molecule has 4 heteroatoms. The van der Waals surface area contributed by atoms with E-state index in [9.17, 15) is 5.11 Å². The van der Waals surface area contributed by atoms with E-state index >= 15 is 0 Å². The number of rotatable bonds is 2. The third-order valence-corrected chi connectivity index (χ3v) is 3.46. The lowest BCUT2D eigenvalue weighted by Gasteiger charge is -2.30. The van der Waals surface area contributed by atoms with Gasteiger partial charge in [-0.05, 0) is 31.4 Å². The highest BCUT2D eigenvalue weighted by molar-refractivity contribution is 5.65. The van der Waals surface area contributed by atoms with Crippen molar-refractivity contribution >= 4 is 11.5 Å². The van der Waals surface area contributed by atoms with Gasteiger partial charge in [0.2, 0.25) is 0 Å². The molecule has 0 saturated carbocycles. The van der Waals surface area contributed by atoms with E-state index < -0.39 is 0 Å². The fourth-order valence-corrected chi connectivity index (χ4v) is 2.56. The zero-order valence-corrected chi connectivity index (χ0v) is 11.0. The van der Waals surface area contributed by atoms with E-state index in [0.29, 0.717) is 5.69 Å². The van der Waals surface area contributed by atoms with Crippen molar-refractivity contribution < 1.29 is 5.11 Å². The minimum Gasteiger partial charge on any atom is -0.390 e. The number of aliphatic hydroxyl groups is 1. The number of fused-ring (bicyclic) bond motifs is 1. The van der Waals surface area contributed by atoms with E-state index in [1.54, 1.807) is 12.4 Å². The molecule has 1 aliphatic heterocycles. The van der Waals surface area contributed by atoms with Gasteiger partial charge in [-0.3, -0.25) is 4.98 Å². The molecular formula is C15H17N3O. The van der Waals surface area contributed by atoms with Crippen LogP contribution in [0.15, 0.2) is 30.6 Å². The van der Waals surface area contributed by atoms with Crippen molar-refractivity contribution in [1.29, 1.82) is 0 Å². The second kappa shape index (κ2) is 4.97. The van der Waals surface area contributed by atoms with Gasteiger partial charge in [-0.2, -0.15) is 0 Å². The number of aryl methyl sites for hydroxylation is 2. The smallest absolute Gasteiger partial charge is 0.151 e. The zero-order valence-electron chi connectivity index (χ0n) is 11.0. The Morgan fingerprint density at radius 1 is 1.32 bits per heavy atom. The minimum atomic E-state index is -0.0740. The Morgan fingerprint density at radius 2 is 2.21 bits per heavy atom. The fourth-order valence-electron chi connectivity index (χ4n) is 2.56. The predicted octanol–water partition coefficient (Wildman–Crippen LogP) is 2.36. The summed E-state index contributed by atoms with van der Waals surface area (Å²) in [7, 11) is 0. The molecule has 0 fully saturated rings. The molecule has 1 aromatic heterocycles. The molecule has 3 rings (SSSR count). The van der Waals surface area contributed by atoms with Gasteiger partial charge >= 0.3 is 0 Å². The van der Waals surface area contributed by atoms with E-state index in [-0.39, 0.29) is 6.61 Å². The second-order valence-corrected chi connectivity index (χ2v) is 4.91. The number of aromatic nitrogens is 2. The molecule has 0 amide bonds. The van der Waals surface area contributed by atoms with Gasteiger partial charge in [-0.1, -0.05) is 17.7 Å². The second-order valence-electron chi connectivity index (χ2n) is 4.91. The first-order valence-corrected chi connectivity index (χ1v) is 6.57. The van der Waals surface area contributed by atoms with Crippen LogP contribution in [0.2, 0.25) is 0 Å². The minimum absolute atomic E-state index is 0.0740. The van der Waals surface area contributed by atoms with E-state index in [1.807, 2.05) is 0 Å². The Morgan fingerprint density at radius 3 is 3.05 bits per heavy atom. The molecular weight excluding hydrogens is 238 g/mol. The van der Waals surface area contributed by atoms with Crippen LogP contribution in [0, 0.1) is 6.92 Å². The summed E-state index contributed by atoms with van der Waals surface area (Å²) in [6.45, 7) is 2.99. The van der Waals surface area contributed by atoms with Gasteiger partial charge in [0, 0.05) is 12.2 Å². The first kappa shape index (κ1) is 12.1. The normalized spacial score (nSPS) is 14.3. The van der Waals surface area contributed by atoms with Gasteiger partial charge in [0.1, 0.15) is 0 Å². The van der Waals surface area contributed by atoms with E-state index in [4.69, 9.17) is 0 Å². The molecule has 1 aliphatic rings. The molecule has 0 bridgehead atoms. The lowest BCUT2D eigenvalue weighted by molar-refractivity contribution is 0.276. The van der Waals surface area contributed by atoms with Crippen LogP contribution >= 0.6 is 0 Å². The number of aliphatic hydroxyl groups excluding tert-OH is 1. The van der Waals surface area contributed by atoms with Gasteiger partial charge in [0.25, 0.3) is 0 Å². The monoisotopic (exact) mass is 255 g/mol. The molecule has 19 heavy (non-hydrogen) atoms. The van der Waals surface area contributed by atoms with Crippen molar-refractivity contribution in [3.63, 3.8) is 0 Å². The van der Waals surface area contributed by atoms with Crippen molar-refractivity contribution in [2.24, 2.45) is 0 Å². The molecule has 1 N–H and O–H groups in total. The quantitative estimate of drug-likeness (QED) is 0.895. The van der Waals surface area contributed by atoms with Crippen LogP contribution < -0.4 is 4.90 Å². The summed E-state index contributed by atoms with van der Waals surface area (Å²) in [6.07, 6.45) is 5.58. The van der Waals surface area contributed by atoms with Crippen molar-refractivity contribution in [2.75, 3.05) is 11.4 Å². The zero-order chi connectivity index (χ0) is 13.2. The Labute approximate surface area is 112 Å². The summed E-state index contributed by atoms with van der Waals surface area (Å²) >= 11 is 0. The van der Waals surface area contributed by atoms with Gasteiger partial charge in [-0.15, -0.1) is 0 Å². The molecule has 4 nitrogen and oxygen atoms in total. The Bertz CT molecular complexity index is 598. The van der Waals surface area contributed by atoms with Crippen molar-refractivity contribution in [3.05, 3.63) is 47.4 Å². The standard InChI is InChI=1S/C15H17N3O/c1-11-4-5-14-12(7-11)3-2-6-18(14)15-9-16-8-13(10-19)17-15/h4-5,7-9,19H,2-3,6,10H2,1H3. The molecule has 0 aliphatic carbocycles. The van der Waals surface area contributed by atoms with Crippen LogP contribution in [0.4, 0.5) is 11.5 Å². The Balaban J connectivity index is 2.03. The first-order chi connectivity index (χ1) is 9.28. The molecule has 2 heterocycles. The van der Waals surface area contributed by atoms with Gasteiger partial charge in [0.05, 0.1) is 24.7 Å². The van der Waals surface area contributed by atoms with Crippen LogP contribution in [0.5, 0.6) is 0 Å². The average Bonchev–Trinajstić information content (AvgIpc) is 2.46. The highest BCUT2D eigenvalue weighted by Crippen LogP contribution is 2.32. The summed E-state index contributed by atoms with van der Waals surface area (Å²) < 4.78 is 0. The number of anilines is 2. The molecule has 0 radical (unpaired) electrons. The average molecular weight is 255 g/mol. The van der Waals surface area contributed by atoms with Crippen LogP contribution in [-0.2, 0) is 13.0 Å². The highest BCUT2D eigenvalue weighted by Gasteiger charge is 2.19. The van der Waals surface area contributed by atoms with Crippen molar-refractivity contribution in [1.82, 2.24) is 9.97 Å². The molecule has 98 valence electrons. The number of hydrogen-bond acceptors (Lipinski definition) is 4. The molecule has 0 saturated heterocycles. The predicted molar refractivity (Wildman–Crippen MR) is 74.5 cm³/mol. The maximum atomic E-state index is 9.17. The summed E-state index contributed by atoms with van der Waals surface area (Å²) in [5, 5.41) is 9.17. The Kier molecular flexibility index (Phi) is 3.17. The fraction of sp³-hybridized carbons (Fsp3) is 0.333. The van der Waals surface area contributed by atoms with E-state index in [1.165, 1.54) is 16.8 Å². The summed E-state index contributed by atoms with van der Waals surface area (Å²) in [6, 6.07) is 6.52. The van der Waals surface area contributed by atoms with Crippen molar-refractivity contribution in [3.8, 4) is 0 Å². The van der Waals surface area contributed by atoms with Crippen LogP contribution in [-0.4, -0.2) is 21.6 Å². The summed E-state index contributed by atoms with van der Waals surface area (Å²) in [5.41, 5.74) is 4.47. The number of hydrogen-bond donors (Lipinski definition) is 1. The van der Waals surface area contributed by atoms with Crippen LogP contribution in [0.25, 0.3) is 0 Å². The maximum absolute atomic E-state index is 9.17. The molecule has 0 spiro atoms. The number of benzene rings is 1. The third-order valence-electron chi connectivity index (χ3n) is 3.46. The maximum Gasteiger partial charge on any atom is 0.151 e. The topological polar surface area (TPSA) is 49.2 Å². The summed E-state index contributed by atoms with van der Waals surface area (Å²) in [5.74, 6) is 0.816. The van der Waals surface area contributed by atoms with E-state index in [2.05, 4.69) is 40.0 Å². The molecule has 0 atom stereocenters. The van der Waals surface area contributed by atoms with Gasteiger partial charge in [0.15, 0.2) is 5.82 Å². The lowest BCUT2D eigenvalue weighted by Crippen LogP contribution is -2.25. The number of nitrogens with zero attached hydrogens (tertiary/aromatic N) is 3. The highest BCUT2D eigenvalue weighted by atomic mass is 16.3. The van der Waals surface area contributed by atoms with Crippen LogP contribution in [0.1, 0.15) is 23.2 Å². The Hall–Kier alpha value is -1.94. The summed E-state index contributed by atoms with van der Waals surface area (Å²) in [4.78, 5) is 10.8. The third kappa shape index (κ3) is 2.31. The molecule has 2 aromatic rings. The molecule has 1 aromatic carbocycles. The van der Waals surface area contributed by atoms with Crippen molar-refractivity contribution in [2.45, 2.75) is 26.4 Å². The van der Waals surface area contributed by atoms with E-state index in [0.717, 1.165) is 25.2 Å². The SMILES string of the molecule is Cc1ccc2c(c1)CCCN2c1cncc(CO)n1. The van der Waals surface area contributed by atoms with Gasteiger partial charge < -0.3 is 10.0 Å². The van der Waals surface area contributed by atoms with Gasteiger partial charge in [-0.25, -0.2) is 4.98 Å².